The summed E-state index contributed by atoms with van der Waals surface area (Å²) in [6, 6.07) is 2.05. The number of phenolic OH excluding ortho intramolecular Hbond substituents is 1. The molecular formula is C17H25NO. The van der Waals surface area contributed by atoms with Gasteiger partial charge in [-0.3, -0.25) is 0 Å². The van der Waals surface area contributed by atoms with Crippen LogP contribution >= 0.6 is 0 Å². The Balaban J connectivity index is 1.87. The first-order valence-electron chi connectivity index (χ1n) is 7.79. The molecule has 0 radical (unpaired) electrons. The van der Waals surface area contributed by atoms with Crippen LogP contribution in [0.3, 0.4) is 0 Å². The summed E-state index contributed by atoms with van der Waals surface area (Å²) < 4.78 is 0. The number of aryl methyl sites for hydroxylation is 1. The molecule has 0 bridgehead atoms. The molecule has 104 valence electrons. The van der Waals surface area contributed by atoms with Gasteiger partial charge in [0, 0.05) is 0 Å². The monoisotopic (exact) mass is 259 g/mol. The summed E-state index contributed by atoms with van der Waals surface area (Å²) in [6.45, 7) is 4.48. The van der Waals surface area contributed by atoms with Crippen LogP contribution in [0.4, 0.5) is 0 Å². The van der Waals surface area contributed by atoms with Crippen LogP contribution in [-0.2, 0) is 19.3 Å². The third kappa shape index (κ3) is 2.64. The largest absolute Gasteiger partial charge is 0.508 e. The lowest BCUT2D eigenvalue weighted by atomic mass is 9.82. The summed E-state index contributed by atoms with van der Waals surface area (Å²) in [6.07, 6.45) is 8.55. The van der Waals surface area contributed by atoms with Gasteiger partial charge in [0.25, 0.3) is 0 Å². The Bertz CT molecular complexity index is 461. The second kappa shape index (κ2) is 5.54. The molecule has 2 aliphatic rings. The van der Waals surface area contributed by atoms with Crippen molar-refractivity contribution in [3.63, 3.8) is 0 Å². The van der Waals surface area contributed by atoms with E-state index in [1.165, 1.54) is 54.4 Å². The number of fused-ring (bicyclic) bond motifs is 1. The summed E-state index contributed by atoms with van der Waals surface area (Å²) in [5.74, 6) is 1.24. The molecule has 1 aliphatic carbocycles. The van der Waals surface area contributed by atoms with Crippen LogP contribution in [0.1, 0.15) is 47.9 Å². The van der Waals surface area contributed by atoms with E-state index in [9.17, 15) is 5.11 Å². The lowest BCUT2D eigenvalue weighted by Gasteiger charge is -2.26. The number of phenols is 1. The quantitative estimate of drug-likeness (QED) is 0.855. The smallest absolute Gasteiger partial charge is 0.119 e. The van der Waals surface area contributed by atoms with Gasteiger partial charge < -0.3 is 10.4 Å². The molecule has 19 heavy (non-hydrogen) atoms. The molecular weight excluding hydrogens is 234 g/mol. The zero-order chi connectivity index (χ0) is 13.2. The van der Waals surface area contributed by atoms with Crippen LogP contribution in [0.15, 0.2) is 6.07 Å². The molecule has 1 aromatic carbocycles. The van der Waals surface area contributed by atoms with E-state index in [-0.39, 0.29) is 0 Å². The molecule has 1 fully saturated rings. The van der Waals surface area contributed by atoms with Crippen molar-refractivity contribution in [2.75, 3.05) is 13.1 Å². The zero-order valence-electron chi connectivity index (χ0n) is 12.0. The number of piperidine rings is 1. The van der Waals surface area contributed by atoms with Gasteiger partial charge >= 0.3 is 0 Å². The van der Waals surface area contributed by atoms with Gasteiger partial charge in [-0.05, 0) is 99.2 Å². The van der Waals surface area contributed by atoms with Crippen molar-refractivity contribution in [3.05, 3.63) is 28.3 Å². The maximum Gasteiger partial charge on any atom is 0.119 e. The molecule has 1 atom stereocenters. The van der Waals surface area contributed by atoms with Gasteiger partial charge in [-0.15, -0.1) is 0 Å². The van der Waals surface area contributed by atoms with E-state index >= 15 is 0 Å². The average Bonchev–Trinajstić information content (AvgIpc) is 2.45. The summed E-state index contributed by atoms with van der Waals surface area (Å²) >= 11 is 0. The van der Waals surface area contributed by atoms with Gasteiger partial charge in [0.15, 0.2) is 0 Å². The van der Waals surface area contributed by atoms with Crippen molar-refractivity contribution in [3.8, 4) is 5.75 Å². The first-order chi connectivity index (χ1) is 9.25. The Morgan fingerprint density at radius 3 is 2.89 bits per heavy atom. The second-order valence-corrected chi connectivity index (χ2v) is 6.26. The van der Waals surface area contributed by atoms with Crippen molar-refractivity contribution in [2.24, 2.45) is 5.92 Å². The van der Waals surface area contributed by atoms with E-state index in [1.807, 2.05) is 6.07 Å². The molecule has 1 aromatic rings. The molecule has 2 N–H and O–H groups in total. The van der Waals surface area contributed by atoms with Crippen LogP contribution in [0, 0.1) is 12.8 Å². The second-order valence-electron chi connectivity index (χ2n) is 6.26. The normalized spacial score (nSPS) is 23.1. The standard InChI is InChI=1S/C17H25NO/c1-12-15-7-3-2-6-14(15)10-17(19)16(12)9-13-5-4-8-18-11-13/h10,13,18-19H,2-9,11H2,1H3. The van der Waals surface area contributed by atoms with E-state index in [1.54, 1.807) is 0 Å². The zero-order valence-corrected chi connectivity index (χ0v) is 12.0. The van der Waals surface area contributed by atoms with Gasteiger partial charge in [-0.25, -0.2) is 0 Å². The highest BCUT2D eigenvalue weighted by atomic mass is 16.3. The number of hydrogen-bond donors (Lipinski definition) is 2. The topological polar surface area (TPSA) is 32.3 Å². The summed E-state index contributed by atoms with van der Waals surface area (Å²) in [4.78, 5) is 0. The molecule has 0 saturated carbocycles. The fourth-order valence-electron chi connectivity index (χ4n) is 3.79. The van der Waals surface area contributed by atoms with Crippen LogP contribution in [0.5, 0.6) is 5.75 Å². The van der Waals surface area contributed by atoms with E-state index in [0.29, 0.717) is 11.7 Å². The highest BCUT2D eigenvalue weighted by Gasteiger charge is 2.21. The molecule has 0 aromatic heterocycles. The third-order valence-electron chi connectivity index (χ3n) is 4.93. The fourth-order valence-corrected chi connectivity index (χ4v) is 3.79. The van der Waals surface area contributed by atoms with Gasteiger partial charge in [0.2, 0.25) is 0 Å². The van der Waals surface area contributed by atoms with Crippen LogP contribution in [0.25, 0.3) is 0 Å². The minimum Gasteiger partial charge on any atom is -0.508 e. The van der Waals surface area contributed by atoms with E-state index in [0.717, 1.165) is 25.9 Å². The first kappa shape index (κ1) is 13.0. The molecule has 3 rings (SSSR count). The van der Waals surface area contributed by atoms with Crippen LogP contribution in [-0.4, -0.2) is 18.2 Å². The molecule has 2 heteroatoms. The third-order valence-corrected chi connectivity index (χ3v) is 4.93. The van der Waals surface area contributed by atoms with Crippen molar-refractivity contribution in [1.82, 2.24) is 5.32 Å². The molecule has 1 unspecified atom stereocenters. The predicted molar refractivity (Wildman–Crippen MR) is 78.8 cm³/mol. The van der Waals surface area contributed by atoms with Crippen LogP contribution < -0.4 is 5.32 Å². The van der Waals surface area contributed by atoms with E-state index in [4.69, 9.17) is 0 Å². The molecule has 0 spiro atoms. The highest BCUT2D eigenvalue weighted by Crippen LogP contribution is 2.34. The minimum absolute atomic E-state index is 0.545. The molecule has 0 amide bonds. The number of nitrogens with one attached hydrogen (secondary N) is 1. The first-order valence-corrected chi connectivity index (χ1v) is 7.79. The molecule has 1 aliphatic heterocycles. The number of aromatic hydroxyl groups is 1. The lowest BCUT2D eigenvalue weighted by molar-refractivity contribution is 0.369. The van der Waals surface area contributed by atoms with Crippen molar-refractivity contribution in [2.45, 2.75) is 51.9 Å². The number of rotatable bonds is 2. The van der Waals surface area contributed by atoms with Crippen molar-refractivity contribution < 1.29 is 5.11 Å². The Hall–Kier alpha value is -1.02. The summed E-state index contributed by atoms with van der Waals surface area (Å²) in [5.41, 5.74) is 5.52. The Morgan fingerprint density at radius 2 is 2.11 bits per heavy atom. The molecule has 1 heterocycles. The predicted octanol–water partition coefficient (Wildman–Crippen LogP) is 3.12. The molecule has 2 nitrogen and oxygen atoms in total. The minimum atomic E-state index is 0.545. The number of hydrogen-bond acceptors (Lipinski definition) is 2. The van der Waals surface area contributed by atoms with E-state index in [2.05, 4.69) is 12.2 Å². The molecule has 1 saturated heterocycles. The Labute approximate surface area is 116 Å². The summed E-state index contributed by atoms with van der Waals surface area (Å²) in [5, 5.41) is 13.8. The van der Waals surface area contributed by atoms with E-state index < -0.39 is 0 Å². The van der Waals surface area contributed by atoms with Crippen LogP contribution in [0.2, 0.25) is 0 Å². The van der Waals surface area contributed by atoms with Gasteiger partial charge in [0.05, 0.1) is 0 Å². The Morgan fingerprint density at radius 1 is 1.26 bits per heavy atom. The fraction of sp³-hybridized carbons (Fsp3) is 0.647. The Kier molecular flexibility index (Phi) is 3.79. The summed E-state index contributed by atoms with van der Waals surface area (Å²) in [7, 11) is 0. The SMILES string of the molecule is Cc1c(CC2CCCNC2)c(O)cc2c1CCCC2. The van der Waals surface area contributed by atoms with Gasteiger partial charge in [-0.2, -0.15) is 0 Å². The van der Waals surface area contributed by atoms with Crippen molar-refractivity contribution in [1.29, 1.82) is 0 Å². The lowest BCUT2D eigenvalue weighted by Crippen LogP contribution is -2.31. The highest BCUT2D eigenvalue weighted by molar-refractivity contribution is 5.49. The van der Waals surface area contributed by atoms with Crippen molar-refractivity contribution >= 4 is 0 Å². The maximum atomic E-state index is 10.4. The van der Waals surface area contributed by atoms with Gasteiger partial charge in [-0.1, -0.05) is 0 Å². The van der Waals surface area contributed by atoms with Gasteiger partial charge in [0.1, 0.15) is 5.75 Å². The maximum absolute atomic E-state index is 10.4. The number of benzene rings is 1. The average molecular weight is 259 g/mol.